The largest absolute Gasteiger partial charge is 0.205 e. The van der Waals surface area contributed by atoms with Crippen molar-refractivity contribution in [3.05, 3.63) is 60.2 Å². The number of rotatable bonds is 25. The average Bonchev–Trinajstić information content (AvgIpc) is 2.98. The summed E-state index contributed by atoms with van der Waals surface area (Å²) in [5.41, 5.74) is 2.16. The Morgan fingerprint density at radius 2 is 0.700 bits per heavy atom. The Bertz CT molecular complexity index is 811. The molecule has 0 unspecified atom stereocenters. The second kappa shape index (κ2) is 24.4. The molecule has 0 aromatic carbocycles. The SMILES string of the molecule is CCCCCCCCCCCC[n+]1ccc(/C=N/N=C/c2cc[n+](CCCCCCCCCCCC)cc2)cc1. The third-order valence-corrected chi connectivity index (χ3v) is 7.85. The molecule has 2 heterocycles. The van der Waals surface area contributed by atoms with Crippen molar-refractivity contribution in [2.24, 2.45) is 10.2 Å². The summed E-state index contributed by atoms with van der Waals surface area (Å²) >= 11 is 0. The molecule has 0 fully saturated rings. The zero-order valence-electron chi connectivity index (χ0n) is 26.1. The molecule has 0 N–H and O–H groups in total. The Labute approximate surface area is 247 Å². The van der Waals surface area contributed by atoms with E-state index in [1.807, 2.05) is 12.4 Å². The quantitative estimate of drug-likeness (QED) is 0.0512. The van der Waals surface area contributed by atoms with Crippen molar-refractivity contribution >= 4 is 12.4 Å². The minimum absolute atomic E-state index is 1.08. The van der Waals surface area contributed by atoms with Crippen LogP contribution in [0, 0.1) is 0 Å². The first kappa shape index (κ1) is 33.8. The molecule has 0 amide bonds. The minimum atomic E-state index is 1.08. The van der Waals surface area contributed by atoms with Crippen LogP contribution in [0.4, 0.5) is 0 Å². The van der Waals surface area contributed by atoms with Gasteiger partial charge in [-0.05, 0) is 12.8 Å². The van der Waals surface area contributed by atoms with E-state index in [-0.39, 0.29) is 0 Å². The van der Waals surface area contributed by atoms with Crippen LogP contribution in [0.25, 0.3) is 0 Å². The lowest BCUT2D eigenvalue weighted by Gasteiger charge is -2.01. The average molecular weight is 549 g/mol. The molecule has 2 aromatic rings. The first-order valence-electron chi connectivity index (χ1n) is 16.9. The minimum Gasteiger partial charge on any atom is -0.205 e. The maximum absolute atomic E-state index is 4.25. The van der Waals surface area contributed by atoms with Gasteiger partial charge < -0.3 is 0 Å². The van der Waals surface area contributed by atoms with Crippen LogP contribution in [0.2, 0.25) is 0 Å². The lowest BCUT2D eigenvalue weighted by Crippen LogP contribution is -2.32. The molecule has 0 saturated heterocycles. The van der Waals surface area contributed by atoms with Crippen molar-refractivity contribution in [1.29, 1.82) is 0 Å². The Morgan fingerprint density at radius 3 is 1.00 bits per heavy atom. The predicted octanol–water partition coefficient (Wildman–Crippen LogP) is 9.56. The molecule has 2 rings (SSSR count). The van der Waals surface area contributed by atoms with Crippen LogP contribution in [-0.4, -0.2) is 12.4 Å². The summed E-state index contributed by atoms with van der Waals surface area (Å²) in [6.45, 7) is 6.76. The summed E-state index contributed by atoms with van der Waals surface area (Å²) in [5.74, 6) is 0. The van der Waals surface area contributed by atoms with Crippen LogP contribution in [0.5, 0.6) is 0 Å². The van der Waals surface area contributed by atoms with E-state index < -0.39 is 0 Å². The molecular formula is C36H60N4+2. The summed E-state index contributed by atoms with van der Waals surface area (Å²) in [4.78, 5) is 0. The van der Waals surface area contributed by atoms with Crippen LogP contribution < -0.4 is 9.13 Å². The lowest BCUT2D eigenvalue weighted by molar-refractivity contribution is -0.697. The Balaban J connectivity index is 1.52. The van der Waals surface area contributed by atoms with Gasteiger partial charge in [0.1, 0.15) is 13.1 Å². The molecular weight excluding hydrogens is 488 g/mol. The van der Waals surface area contributed by atoms with E-state index in [9.17, 15) is 0 Å². The van der Waals surface area contributed by atoms with E-state index in [1.54, 1.807) is 0 Å². The maximum Gasteiger partial charge on any atom is 0.169 e. The molecule has 0 bridgehead atoms. The molecule has 0 spiro atoms. The van der Waals surface area contributed by atoms with Crippen LogP contribution in [0.3, 0.4) is 0 Å². The zero-order valence-corrected chi connectivity index (χ0v) is 26.1. The van der Waals surface area contributed by atoms with Crippen LogP contribution in [0.1, 0.15) is 153 Å². The van der Waals surface area contributed by atoms with Gasteiger partial charge in [-0.1, -0.05) is 117 Å². The third-order valence-electron chi connectivity index (χ3n) is 7.85. The van der Waals surface area contributed by atoms with E-state index in [0.29, 0.717) is 0 Å². The van der Waals surface area contributed by atoms with Crippen molar-refractivity contribution in [3.63, 3.8) is 0 Å². The fourth-order valence-corrected chi connectivity index (χ4v) is 5.17. The van der Waals surface area contributed by atoms with Crippen molar-refractivity contribution in [3.8, 4) is 0 Å². The van der Waals surface area contributed by atoms with Crippen molar-refractivity contribution in [2.75, 3.05) is 0 Å². The van der Waals surface area contributed by atoms with E-state index in [4.69, 9.17) is 0 Å². The van der Waals surface area contributed by atoms with Gasteiger partial charge in [-0.3, -0.25) is 0 Å². The monoisotopic (exact) mass is 548 g/mol. The fraction of sp³-hybridized carbons (Fsp3) is 0.667. The number of hydrogen-bond acceptors (Lipinski definition) is 2. The Hall–Kier alpha value is -2.36. The Morgan fingerprint density at radius 1 is 0.425 bits per heavy atom. The number of aryl methyl sites for hydroxylation is 2. The zero-order chi connectivity index (χ0) is 28.4. The highest BCUT2D eigenvalue weighted by Gasteiger charge is 2.02. The summed E-state index contributed by atoms with van der Waals surface area (Å²) < 4.78 is 4.56. The number of pyridine rings is 2. The third kappa shape index (κ3) is 18.1. The molecule has 0 aliphatic heterocycles. The van der Waals surface area contributed by atoms with Gasteiger partial charge >= 0.3 is 0 Å². The fourth-order valence-electron chi connectivity index (χ4n) is 5.17. The summed E-state index contributed by atoms with van der Waals surface area (Å²) in [5, 5.41) is 8.50. The second-order valence-corrected chi connectivity index (χ2v) is 11.6. The summed E-state index contributed by atoms with van der Waals surface area (Å²) in [6.07, 6.45) is 39.9. The molecule has 4 heteroatoms. The number of aromatic nitrogens is 2. The van der Waals surface area contributed by atoms with Crippen molar-refractivity contribution in [2.45, 2.75) is 155 Å². The molecule has 0 aliphatic carbocycles. The van der Waals surface area contributed by atoms with Crippen molar-refractivity contribution in [1.82, 2.24) is 0 Å². The topological polar surface area (TPSA) is 32.5 Å². The molecule has 222 valence electrons. The van der Waals surface area contributed by atoms with E-state index in [1.165, 1.54) is 128 Å². The molecule has 4 nitrogen and oxygen atoms in total. The van der Waals surface area contributed by atoms with Gasteiger partial charge in [0.2, 0.25) is 0 Å². The van der Waals surface area contributed by atoms with E-state index in [0.717, 1.165) is 24.2 Å². The van der Waals surface area contributed by atoms with Gasteiger partial charge in [0.05, 0.1) is 12.4 Å². The molecule has 0 radical (unpaired) electrons. The number of unbranched alkanes of at least 4 members (excludes halogenated alkanes) is 18. The smallest absolute Gasteiger partial charge is 0.169 e. The van der Waals surface area contributed by atoms with Gasteiger partial charge in [-0.2, -0.15) is 10.2 Å². The maximum atomic E-state index is 4.25. The van der Waals surface area contributed by atoms with E-state index >= 15 is 0 Å². The standard InChI is InChI=1S/C36H60N4/c1-3-5-7-9-11-13-15-17-19-21-27-39-29-23-35(24-30-39)33-37-38-34-36-25-31-40(32-26-36)28-22-20-18-16-14-12-10-8-6-4-2/h23-26,29-34H,3-22,27-28H2,1-2H3/q+2. The van der Waals surface area contributed by atoms with Crippen LogP contribution in [0.15, 0.2) is 59.3 Å². The molecule has 0 atom stereocenters. The normalized spacial score (nSPS) is 11.8. The summed E-state index contributed by atoms with van der Waals surface area (Å²) in [7, 11) is 0. The molecule has 0 aliphatic rings. The second-order valence-electron chi connectivity index (χ2n) is 11.6. The van der Waals surface area contributed by atoms with Gasteiger partial charge in [0, 0.05) is 48.2 Å². The van der Waals surface area contributed by atoms with Gasteiger partial charge in [0.25, 0.3) is 0 Å². The van der Waals surface area contributed by atoms with Gasteiger partial charge in [0.15, 0.2) is 24.8 Å². The van der Waals surface area contributed by atoms with Gasteiger partial charge in [-0.25, -0.2) is 9.13 Å². The first-order chi connectivity index (χ1) is 19.8. The lowest BCUT2D eigenvalue weighted by atomic mass is 10.1. The highest BCUT2D eigenvalue weighted by Crippen LogP contribution is 2.11. The first-order valence-corrected chi connectivity index (χ1v) is 16.9. The van der Waals surface area contributed by atoms with Gasteiger partial charge in [-0.15, -0.1) is 0 Å². The van der Waals surface area contributed by atoms with Crippen LogP contribution >= 0.6 is 0 Å². The van der Waals surface area contributed by atoms with Crippen molar-refractivity contribution < 1.29 is 9.13 Å². The highest BCUT2D eigenvalue weighted by molar-refractivity contribution is 5.82. The van der Waals surface area contributed by atoms with Crippen LogP contribution in [-0.2, 0) is 13.1 Å². The molecule has 2 aromatic heterocycles. The number of hydrogen-bond donors (Lipinski definition) is 0. The van der Waals surface area contributed by atoms with E-state index in [2.05, 4.69) is 82.2 Å². The number of nitrogens with zero attached hydrogens (tertiary/aromatic N) is 4. The highest BCUT2D eigenvalue weighted by atomic mass is 15.2. The molecule has 40 heavy (non-hydrogen) atoms. The summed E-state index contributed by atoms with van der Waals surface area (Å²) in [6, 6.07) is 8.48. The predicted molar refractivity (Wildman–Crippen MR) is 172 cm³/mol. The molecule has 0 saturated carbocycles. The Kier molecular flexibility index (Phi) is 20.7.